The van der Waals surface area contributed by atoms with Gasteiger partial charge in [0.25, 0.3) is 10.1 Å². The first-order valence-corrected chi connectivity index (χ1v) is 8.74. The Kier molecular flexibility index (Phi) is 6.10. The first kappa shape index (κ1) is 17.9. The summed E-state index contributed by atoms with van der Waals surface area (Å²) in [6, 6.07) is -0.0154. The Morgan fingerprint density at radius 2 is 2.14 bits per heavy atom. The van der Waals surface area contributed by atoms with Crippen LogP contribution in [0.2, 0.25) is 0 Å². The van der Waals surface area contributed by atoms with Crippen LogP contribution in [0.5, 0.6) is 0 Å². The van der Waals surface area contributed by atoms with Crippen molar-refractivity contribution in [3.8, 4) is 0 Å². The lowest BCUT2D eigenvalue weighted by molar-refractivity contribution is -0.384. The summed E-state index contributed by atoms with van der Waals surface area (Å²) in [5.41, 5.74) is -0.146. The molecule has 0 saturated carbocycles. The second-order valence-electron chi connectivity index (χ2n) is 4.65. The van der Waals surface area contributed by atoms with E-state index in [0.29, 0.717) is 6.42 Å². The monoisotopic (exact) mass is 384 g/mol. The largest absolute Gasteiger partial charge is 0.362 e. The zero-order chi connectivity index (χ0) is 16.2. The number of aryl methyl sites for hydroxylation is 1. The number of nitrogens with zero attached hydrogens (tertiary/aromatic N) is 3. The van der Waals surface area contributed by atoms with Crippen molar-refractivity contribution in [3.05, 3.63) is 14.7 Å². The fourth-order valence-electron chi connectivity index (χ4n) is 1.59. The van der Waals surface area contributed by atoms with Crippen molar-refractivity contribution >= 4 is 37.6 Å². The predicted molar refractivity (Wildman–Crippen MR) is 80.8 cm³/mol. The first-order valence-electron chi connectivity index (χ1n) is 6.13. The molecule has 0 aliphatic rings. The number of hydrogen-bond acceptors (Lipinski definition) is 7. The normalized spacial score (nSPS) is 11.9. The lowest BCUT2D eigenvalue weighted by Crippen LogP contribution is -2.16. The highest BCUT2D eigenvalue weighted by Crippen LogP contribution is 2.33. The minimum Gasteiger partial charge on any atom is -0.362 e. The van der Waals surface area contributed by atoms with Gasteiger partial charge in [-0.25, -0.2) is 4.68 Å². The molecular weight excluding hydrogens is 368 g/mol. The van der Waals surface area contributed by atoms with E-state index in [1.165, 1.54) is 4.68 Å². The molecule has 1 rings (SSSR count). The second-order valence-corrected chi connectivity index (χ2v) is 7.04. The highest BCUT2D eigenvalue weighted by atomic mass is 79.9. The first-order chi connectivity index (χ1) is 9.61. The van der Waals surface area contributed by atoms with Crippen LogP contribution in [0.4, 0.5) is 11.5 Å². The molecule has 1 N–H and O–H groups in total. The zero-order valence-electron chi connectivity index (χ0n) is 11.9. The number of rotatable bonds is 8. The molecule has 21 heavy (non-hydrogen) atoms. The van der Waals surface area contributed by atoms with E-state index in [0.717, 1.165) is 6.26 Å². The molecule has 9 nitrogen and oxygen atoms in total. The Labute approximate surface area is 131 Å². The minimum atomic E-state index is -3.49. The predicted octanol–water partition coefficient (Wildman–Crippen LogP) is 1.74. The maximum absolute atomic E-state index is 11.1. The second kappa shape index (κ2) is 7.18. The molecule has 0 unspecified atom stereocenters. The molecule has 0 atom stereocenters. The van der Waals surface area contributed by atoms with Crippen LogP contribution in [0.25, 0.3) is 0 Å². The zero-order valence-corrected chi connectivity index (χ0v) is 14.3. The summed E-state index contributed by atoms with van der Waals surface area (Å²) < 4.78 is 27.9. The van der Waals surface area contributed by atoms with Crippen LogP contribution in [-0.2, 0) is 20.8 Å². The SMILES string of the molecule is CC(C)Nc1c([N+](=O)[O-])c(Br)nn1CCCOS(C)(=O)=O. The van der Waals surface area contributed by atoms with Gasteiger partial charge in [-0.1, -0.05) is 0 Å². The number of nitro groups is 1. The smallest absolute Gasteiger partial charge is 0.345 e. The molecule has 1 aromatic rings. The van der Waals surface area contributed by atoms with Crippen molar-refractivity contribution in [2.24, 2.45) is 0 Å². The van der Waals surface area contributed by atoms with E-state index in [-0.39, 0.29) is 35.3 Å². The number of hydrogen-bond donors (Lipinski definition) is 1. The van der Waals surface area contributed by atoms with Crippen molar-refractivity contribution in [1.29, 1.82) is 0 Å². The molecule has 0 spiro atoms. The molecule has 0 saturated heterocycles. The third kappa shape index (κ3) is 5.59. The molecule has 0 aromatic carbocycles. The number of anilines is 1. The lowest BCUT2D eigenvalue weighted by atomic mass is 10.3. The standard InChI is InChI=1S/C10H17BrN4O5S/c1-7(2)12-10-8(15(16)17)9(11)13-14(10)5-4-6-20-21(3,18)19/h7,12H,4-6H2,1-3H3. The van der Waals surface area contributed by atoms with Crippen LogP contribution in [-0.4, -0.2) is 42.0 Å². The molecule has 0 aliphatic heterocycles. The van der Waals surface area contributed by atoms with E-state index in [9.17, 15) is 18.5 Å². The summed E-state index contributed by atoms with van der Waals surface area (Å²) in [5.74, 6) is 0.279. The van der Waals surface area contributed by atoms with Gasteiger partial charge in [-0.05, 0) is 36.2 Å². The van der Waals surface area contributed by atoms with Crippen LogP contribution in [0.1, 0.15) is 20.3 Å². The van der Waals surface area contributed by atoms with Gasteiger partial charge >= 0.3 is 5.69 Å². The van der Waals surface area contributed by atoms with E-state index >= 15 is 0 Å². The van der Waals surface area contributed by atoms with Gasteiger partial charge in [-0.2, -0.15) is 13.5 Å². The molecule has 0 bridgehead atoms. The molecule has 1 aromatic heterocycles. The van der Waals surface area contributed by atoms with Crippen molar-refractivity contribution in [2.45, 2.75) is 32.9 Å². The van der Waals surface area contributed by atoms with Crippen LogP contribution in [0, 0.1) is 10.1 Å². The minimum absolute atomic E-state index is 0.00870. The fraction of sp³-hybridized carbons (Fsp3) is 0.700. The van der Waals surface area contributed by atoms with Crippen LogP contribution in [0.3, 0.4) is 0 Å². The molecule has 0 fully saturated rings. The maximum Gasteiger partial charge on any atom is 0.345 e. The van der Waals surface area contributed by atoms with Gasteiger partial charge < -0.3 is 5.32 Å². The number of nitrogens with one attached hydrogen (secondary N) is 1. The quantitative estimate of drug-likeness (QED) is 0.314. The van der Waals surface area contributed by atoms with Crippen molar-refractivity contribution in [1.82, 2.24) is 9.78 Å². The highest BCUT2D eigenvalue weighted by Gasteiger charge is 2.26. The van der Waals surface area contributed by atoms with E-state index in [2.05, 4.69) is 30.5 Å². The van der Waals surface area contributed by atoms with Crippen molar-refractivity contribution in [3.63, 3.8) is 0 Å². The van der Waals surface area contributed by atoms with Crippen molar-refractivity contribution < 1.29 is 17.5 Å². The van der Waals surface area contributed by atoms with Gasteiger partial charge in [0.1, 0.15) is 0 Å². The van der Waals surface area contributed by atoms with E-state index in [1.54, 1.807) is 0 Å². The fourth-order valence-corrected chi connectivity index (χ4v) is 2.53. The average Bonchev–Trinajstić information content (AvgIpc) is 2.59. The van der Waals surface area contributed by atoms with Gasteiger partial charge in [-0.15, -0.1) is 0 Å². The Bertz CT molecular complexity index is 613. The third-order valence-corrected chi connectivity index (χ3v) is 3.43. The summed E-state index contributed by atoms with van der Waals surface area (Å²) >= 11 is 3.06. The van der Waals surface area contributed by atoms with E-state index < -0.39 is 15.0 Å². The molecule has 0 amide bonds. The molecular formula is C10H17BrN4O5S. The molecule has 120 valence electrons. The summed E-state index contributed by atoms with van der Waals surface area (Å²) in [4.78, 5) is 10.6. The van der Waals surface area contributed by atoms with Gasteiger partial charge in [0, 0.05) is 12.6 Å². The molecule has 0 radical (unpaired) electrons. The Hall–Kier alpha value is -1.20. The van der Waals surface area contributed by atoms with Crippen LogP contribution < -0.4 is 5.32 Å². The van der Waals surface area contributed by atoms with E-state index in [4.69, 9.17) is 0 Å². The molecule has 0 aliphatic carbocycles. The molecule has 11 heteroatoms. The summed E-state index contributed by atoms with van der Waals surface area (Å²) in [5, 5.41) is 18.1. The Morgan fingerprint density at radius 1 is 1.52 bits per heavy atom. The third-order valence-electron chi connectivity index (χ3n) is 2.31. The van der Waals surface area contributed by atoms with Gasteiger partial charge in [0.05, 0.1) is 17.8 Å². The van der Waals surface area contributed by atoms with Crippen LogP contribution >= 0.6 is 15.9 Å². The summed E-state index contributed by atoms with van der Waals surface area (Å²) in [6.45, 7) is 3.98. The molecule has 1 heterocycles. The van der Waals surface area contributed by atoms with Gasteiger partial charge in [0.2, 0.25) is 10.4 Å². The lowest BCUT2D eigenvalue weighted by Gasteiger charge is -2.11. The summed E-state index contributed by atoms with van der Waals surface area (Å²) in [7, 11) is -3.49. The highest BCUT2D eigenvalue weighted by molar-refractivity contribution is 9.10. The van der Waals surface area contributed by atoms with Crippen molar-refractivity contribution in [2.75, 3.05) is 18.2 Å². The van der Waals surface area contributed by atoms with Crippen LogP contribution in [0.15, 0.2) is 4.60 Å². The number of halogens is 1. The topological polar surface area (TPSA) is 116 Å². The maximum atomic E-state index is 11.1. The van der Waals surface area contributed by atoms with E-state index in [1.807, 2.05) is 13.8 Å². The van der Waals surface area contributed by atoms with Gasteiger partial charge in [0.15, 0.2) is 0 Å². The Balaban J connectivity index is 2.86. The number of aromatic nitrogens is 2. The van der Waals surface area contributed by atoms with Gasteiger partial charge in [-0.3, -0.25) is 14.3 Å². The Morgan fingerprint density at radius 3 is 2.62 bits per heavy atom. The summed E-state index contributed by atoms with van der Waals surface area (Å²) in [6.07, 6.45) is 1.32. The average molecular weight is 385 g/mol.